The molecule has 5 heteroatoms. The van der Waals surface area contributed by atoms with Gasteiger partial charge in [-0.3, -0.25) is 0 Å². The van der Waals surface area contributed by atoms with Gasteiger partial charge in [-0.25, -0.2) is 4.98 Å². The lowest BCUT2D eigenvalue weighted by molar-refractivity contribution is 0.477. The number of aromatic hydroxyl groups is 1. The lowest BCUT2D eigenvalue weighted by Crippen LogP contribution is -2.01. The molecule has 3 rings (SSSR count). The van der Waals surface area contributed by atoms with Crippen molar-refractivity contribution in [3.63, 3.8) is 0 Å². The second-order valence-corrected chi connectivity index (χ2v) is 6.59. The van der Waals surface area contributed by atoms with Gasteiger partial charge in [0, 0.05) is 27.7 Å². The van der Waals surface area contributed by atoms with Gasteiger partial charge < -0.3 is 10.4 Å². The summed E-state index contributed by atoms with van der Waals surface area (Å²) in [5, 5.41) is 14.6. The van der Waals surface area contributed by atoms with Gasteiger partial charge in [-0.1, -0.05) is 40.9 Å². The summed E-state index contributed by atoms with van der Waals surface area (Å²) in [6, 6.07) is 14.7. The SMILES string of the molecule is CCNc1cc(-c2c(Cl)cccc2Cl)cc(-c2cc(C)ccc2O)n1. The van der Waals surface area contributed by atoms with E-state index in [0.717, 1.165) is 23.2 Å². The summed E-state index contributed by atoms with van der Waals surface area (Å²) < 4.78 is 0. The predicted molar refractivity (Wildman–Crippen MR) is 106 cm³/mol. The predicted octanol–water partition coefficient (Wildman–Crippen LogP) is 6.17. The number of aromatic nitrogens is 1. The van der Waals surface area contributed by atoms with Crippen LogP contribution < -0.4 is 5.32 Å². The van der Waals surface area contributed by atoms with Crippen LogP contribution in [-0.4, -0.2) is 16.6 Å². The Kier molecular flexibility index (Phi) is 5.16. The molecule has 0 radical (unpaired) electrons. The smallest absolute Gasteiger partial charge is 0.127 e. The molecule has 0 amide bonds. The highest BCUT2D eigenvalue weighted by atomic mass is 35.5. The molecule has 0 bridgehead atoms. The minimum atomic E-state index is 0.183. The molecule has 3 aromatic rings. The average Bonchev–Trinajstić information content (AvgIpc) is 2.57. The van der Waals surface area contributed by atoms with E-state index < -0.39 is 0 Å². The molecule has 3 nitrogen and oxygen atoms in total. The Hall–Kier alpha value is -2.23. The number of rotatable bonds is 4. The molecular weight excluding hydrogens is 355 g/mol. The number of benzene rings is 2. The molecule has 2 aromatic carbocycles. The van der Waals surface area contributed by atoms with Gasteiger partial charge >= 0.3 is 0 Å². The number of hydrogen-bond acceptors (Lipinski definition) is 3. The van der Waals surface area contributed by atoms with Crippen molar-refractivity contribution in [2.45, 2.75) is 13.8 Å². The van der Waals surface area contributed by atoms with Crippen molar-refractivity contribution in [2.75, 3.05) is 11.9 Å². The molecule has 0 aliphatic carbocycles. The zero-order valence-electron chi connectivity index (χ0n) is 14.0. The van der Waals surface area contributed by atoms with Gasteiger partial charge in [-0.15, -0.1) is 0 Å². The van der Waals surface area contributed by atoms with Crippen LogP contribution in [0, 0.1) is 6.92 Å². The second-order valence-electron chi connectivity index (χ2n) is 5.77. The van der Waals surface area contributed by atoms with Gasteiger partial charge in [0.05, 0.1) is 5.69 Å². The zero-order chi connectivity index (χ0) is 18.0. The van der Waals surface area contributed by atoms with Crippen LogP contribution in [0.3, 0.4) is 0 Å². The molecule has 0 aliphatic heterocycles. The molecule has 0 saturated carbocycles. The van der Waals surface area contributed by atoms with Gasteiger partial charge in [0.1, 0.15) is 11.6 Å². The van der Waals surface area contributed by atoms with Crippen LogP contribution in [0.4, 0.5) is 5.82 Å². The maximum absolute atomic E-state index is 10.3. The van der Waals surface area contributed by atoms with Crippen LogP contribution in [0.15, 0.2) is 48.5 Å². The fraction of sp³-hybridized carbons (Fsp3) is 0.150. The van der Waals surface area contributed by atoms with E-state index in [9.17, 15) is 5.11 Å². The van der Waals surface area contributed by atoms with E-state index in [1.807, 2.05) is 44.2 Å². The molecule has 0 atom stereocenters. The summed E-state index contributed by atoms with van der Waals surface area (Å²) in [5.74, 6) is 0.884. The van der Waals surface area contributed by atoms with Crippen molar-refractivity contribution in [1.82, 2.24) is 4.98 Å². The van der Waals surface area contributed by atoms with E-state index in [4.69, 9.17) is 23.2 Å². The Labute approximate surface area is 157 Å². The molecular formula is C20H18Cl2N2O. The first-order chi connectivity index (χ1) is 12.0. The summed E-state index contributed by atoms with van der Waals surface area (Å²) in [4.78, 5) is 4.62. The highest BCUT2D eigenvalue weighted by Gasteiger charge is 2.14. The summed E-state index contributed by atoms with van der Waals surface area (Å²) in [5.41, 5.74) is 3.97. The van der Waals surface area contributed by atoms with Crippen molar-refractivity contribution in [2.24, 2.45) is 0 Å². The topological polar surface area (TPSA) is 45.1 Å². The van der Waals surface area contributed by atoms with E-state index in [1.54, 1.807) is 18.2 Å². The van der Waals surface area contributed by atoms with Gasteiger partial charge in [0.15, 0.2) is 0 Å². The third kappa shape index (κ3) is 3.73. The monoisotopic (exact) mass is 372 g/mol. The van der Waals surface area contributed by atoms with Crippen LogP contribution in [0.2, 0.25) is 10.0 Å². The fourth-order valence-corrected chi connectivity index (χ4v) is 3.33. The lowest BCUT2D eigenvalue weighted by Gasteiger charge is -2.13. The third-order valence-electron chi connectivity index (χ3n) is 3.86. The number of nitrogens with zero attached hydrogens (tertiary/aromatic N) is 1. The van der Waals surface area contributed by atoms with Crippen molar-refractivity contribution in [1.29, 1.82) is 0 Å². The Morgan fingerprint density at radius 1 is 1.04 bits per heavy atom. The fourth-order valence-electron chi connectivity index (χ4n) is 2.71. The van der Waals surface area contributed by atoms with Crippen molar-refractivity contribution < 1.29 is 5.11 Å². The third-order valence-corrected chi connectivity index (χ3v) is 4.49. The van der Waals surface area contributed by atoms with E-state index >= 15 is 0 Å². The Bertz CT molecular complexity index is 905. The highest BCUT2D eigenvalue weighted by molar-refractivity contribution is 6.39. The van der Waals surface area contributed by atoms with Crippen LogP contribution in [0.1, 0.15) is 12.5 Å². The van der Waals surface area contributed by atoms with Crippen LogP contribution in [0.25, 0.3) is 22.4 Å². The van der Waals surface area contributed by atoms with Crippen molar-refractivity contribution in [3.8, 4) is 28.1 Å². The molecule has 0 fully saturated rings. The number of anilines is 1. The zero-order valence-corrected chi connectivity index (χ0v) is 15.5. The standard InChI is InChI=1S/C20H18Cl2N2O/c1-3-23-19-11-13(20-15(21)5-4-6-16(20)22)10-17(24-19)14-9-12(2)7-8-18(14)25/h4-11,25H,3H2,1-2H3,(H,23,24). The molecule has 25 heavy (non-hydrogen) atoms. The van der Waals surface area contributed by atoms with Gasteiger partial charge in [0.25, 0.3) is 0 Å². The maximum Gasteiger partial charge on any atom is 0.127 e. The van der Waals surface area contributed by atoms with E-state index in [0.29, 0.717) is 27.1 Å². The number of pyridine rings is 1. The Balaban J connectivity index is 2.24. The first-order valence-electron chi connectivity index (χ1n) is 8.00. The van der Waals surface area contributed by atoms with Gasteiger partial charge in [-0.2, -0.15) is 0 Å². The number of hydrogen-bond donors (Lipinski definition) is 2. The van der Waals surface area contributed by atoms with Gasteiger partial charge in [-0.05, 0) is 55.8 Å². The van der Waals surface area contributed by atoms with Crippen molar-refractivity contribution >= 4 is 29.0 Å². The van der Waals surface area contributed by atoms with Crippen LogP contribution >= 0.6 is 23.2 Å². The lowest BCUT2D eigenvalue weighted by atomic mass is 10.0. The number of aryl methyl sites for hydroxylation is 1. The minimum absolute atomic E-state index is 0.183. The van der Waals surface area contributed by atoms with Crippen LogP contribution in [0.5, 0.6) is 5.75 Å². The molecule has 0 unspecified atom stereocenters. The minimum Gasteiger partial charge on any atom is -0.507 e. The molecule has 0 saturated heterocycles. The number of phenols is 1. The molecule has 1 aromatic heterocycles. The van der Waals surface area contributed by atoms with Crippen molar-refractivity contribution in [3.05, 3.63) is 64.1 Å². The Morgan fingerprint density at radius 2 is 1.76 bits per heavy atom. The Morgan fingerprint density at radius 3 is 2.44 bits per heavy atom. The first kappa shape index (κ1) is 17.6. The molecule has 1 heterocycles. The number of phenolic OH excluding ortho intramolecular Hbond substituents is 1. The van der Waals surface area contributed by atoms with Crippen LogP contribution in [-0.2, 0) is 0 Å². The summed E-state index contributed by atoms with van der Waals surface area (Å²) >= 11 is 12.7. The van der Waals surface area contributed by atoms with E-state index in [2.05, 4.69) is 10.3 Å². The van der Waals surface area contributed by atoms with E-state index in [1.165, 1.54) is 0 Å². The molecule has 0 spiro atoms. The second kappa shape index (κ2) is 7.34. The van der Waals surface area contributed by atoms with E-state index in [-0.39, 0.29) is 5.75 Å². The van der Waals surface area contributed by atoms with Gasteiger partial charge in [0.2, 0.25) is 0 Å². The largest absolute Gasteiger partial charge is 0.507 e. The molecule has 0 aliphatic rings. The average molecular weight is 373 g/mol. The quantitative estimate of drug-likeness (QED) is 0.575. The number of nitrogens with one attached hydrogen (secondary N) is 1. The first-order valence-corrected chi connectivity index (χ1v) is 8.75. The summed E-state index contributed by atoms with van der Waals surface area (Å²) in [6.45, 7) is 4.70. The summed E-state index contributed by atoms with van der Waals surface area (Å²) in [6.07, 6.45) is 0. The maximum atomic E-state index is 10.3. The normalized spacial score (nSPS) is 10.7. The molecule has 2 N–H and O–H groups in total. The summed E-state index contributed by atoms with van der Waals surface area (Å²) in [7, 11) is 0. The highest BCUT2D eigenvalue weighted by Crippen LogP contribution is 2.38. The molecule has 128 valence electrons. The number of halogens is 2.